The average molecular weight is 326 g/mol. The van der Waals surface area contributed by atoms with Gasteiger partial charge in [-0.3, -0.25) is 14.5 Å². The van der Waals surface area contributed by atoms with Crippen molar-refractivity contribution in [3.8, 4) is 0 Å². The number of rotatable bonds is 6. The SMILES string of the molecule is Cc1ccnc([C@@H](NC(=O)CCc2c(C)nn(C)c2C)C2CC2)c1. The minimum atomic E-state index is 0.0495. The van der Waals surface area contributed by atoms with E-state index in [4.69, 9.17) is 0 Å². The lowest BCUT2D eigenvalue weighted by molar-refractivity contribution is -0.122. The first-order valence-corrected chi connectivity index (χ1v) is 8.66. The molecule has 128 valence electrons. The Hall–Kier alpha value is -2.17. The second-order valence-electron chi connectivity index (χ2n) is 6.91. The maximum absolute atomic E-state index is 12.5. The predicted octanol–water partition coefficient (Wildman–Crippen LogP) is 2.94. The molecule has 0 bridgehead atoms. The van der Waals surface area contributed by atoms with E-state index in [9.17, 15) is 4.79 Å². The lowest BCUT2D eigenvalue weighted by Crippen LogP contribution is -2.30. The molecule has 24 heavy (non-hydrogen) atoms. The van der Waals surface area contributed by atoms with Gasteiger partial charge in [0.25, 0.3) is 0 Å². The third-order valence-electron chi connectivity index (χ3n) is 4.93. The van der Waals surface area contributed by atoms with Crippen LogP contribution in [0.4, 0.5) is 0 Å². The summed E-state index contributed by atoms with van der Waals surface area (Å²) < 4.78 is 1.88. The number of carbonyl (C=O) groups is 1. The third-order valence-corrected chi connectivity index (χ3v) is 4.93. The molecule has 1 fully saturated rings. The summed E-state index contributed by atoms with van der Waals surface area (Å²) in [6.07, 6.45) is 5.38. The molecule has 3 rings (SSSR count). The molecule has 0 saturated heterocycles. The molecular formula is C19H26N4O. The summed E-state index contributed by atoms with van der Waals surface area (Å²) in [5, 5.41) is 7.63. The van der Waals surface area contributed by atoms with E-state index < -0.39 is 0 Å². The maximum Gasteiger partial charge on any atom is 0.220 e. The summed E-state index contributed by atoms with van der Waals surface area (Å²) in [6, 6.07) is 4.12. The largest absolute Gasteiger partial charge is 0.347 e. The van der Waals surface area contributed by atoms with Crippen LogP contribution in [0.5, 0.6) is 0 Å². The van der Waals surface area contributed by atoms with Crippen molar-refractivity contribution in [2.45, 2.75) is 52.5 Å². The Morgan fingerprint density at radius 1 is 1.38 bits per heavy atom. The van der Waals surface area contributed by atoms with Crippen LogP contribution in [0.2, 0.25) is 0 Å². The quantitative estimate of drug-likeness (QED) is 0.888. The molecule has 5 nitrogen and oxygen atoms in total. The van der Waals surface area contributed by atoms with Gasteiger partial charge in [0, 0.05) is 25.4 Å². The zero-order chi connectivity index (χ0) is 17.3. The first kappa shape index (κ1) is 16.7. The molecule has 5 heteroatoms. The van der Waals surface area contributed by atoms with Crippen molar-refractivity contribution in [2.24, 2.45) is 13.0 Å². The summed E-state index contributed by atoms with van der Waals surface area (Å²) in [7, 11) is 1.94. The molecule has 2 aromatic rings. The van der Waals surface area contributed by atoms with Gasteiger partial charge in [-0.05, 0) is 69.2 Å². The fourth-order valence-electron chi connectivity index (χ4n) is 3.26. The van der Waals surface area contributed by atoms with Gasteiger partial charge in [-0.1, -0.05) is 0 Å². The predicted molar refractivity (Wildman–Crippen MR) is 93.6 cm³/mol. The number of aryl methyl sites for hydroxylation is 3. The van der Waals surface area contributed by atoms with Crippen LogP contribution in [0, 0.1) is 26.7 Å². The highest BCUT2D eigenvalue weighted by molar-refractivity contribution is 5.76. The van der Waals surface area contributed by atoms with Crippen molar-refractivity contribution >= 4 is 5.91 Å². The van der Waals surface area contributed by atoms with Gasteiger partial charge >= 0.3 is 0 Å². The average Bonchev–Trinajstić information content (AvgIpc) is 3.33. The van der Waals surface area contributed by atoms with E-state index in [2.05, 4.69) is 35.3 Å². The normalized spacial score (nSPS) is 15.3. The molecule has 1 aliphatic rings. The Balaban J connectivity index is 1.64. The lowest BCUT2D eigenvalue weighted by Gasteiger charge is -2.18. The van der Waals surface area contributed by atoms with Crippen molar-refractivity contribution in [1.29, 1.82) is 0 Å². The molecule has 1 aliphatic carbocycles. The van der Waals surface area contributed by atoms with Crippen LogP contribution in [0.1, 0.15) is 53.5 Å². The highest BCUT2D eigenvalue weighted by atomic mass is 16.1. The second-order valence-corrected chi connectivity index (χ2v) is 6.91. The van der Waals surface area contributed by atoms with Crippen LogP contribution in [0.3, 0.4) is 0 Å². The van der Waals surface area contributed by atoms with Crippen LogP contribution in [-0.4, -0.2) is 20.7 Å². The highest BCUT2D eigenvalue weighted by Crippen LogP contribution is 2.40. The molecular weight excluding hydrogens is 300 g/mol. The van der Waals surface area contributed by atoms with Gasteiger partial charge < -0.3 is 5.32 Å². The maximum atomic E-state index is 12.5. The first-order chi connectivity index (χ1) is 11.5. The van der Waals surface area contributed by atoms with Crippen LogP contribution in [0.25, 0.3) is 0 Å². The summed E-state index contributed by atoms with van der Waals surface area (Å²) in [6.45, 7) is 6.12. The van der Waals surface area contributed by atoms with E-state index in [-0.39, 0.29) is 11.9 Å². The van der Waals surface area contributed by atoms with Crippen LogP contribution in [-0.2, 0) is 18.3 Å². The van der Waals surface area contributed by atoms with E-state index in [1.165, 1.54) is 24.0 Å². The monoisotopic (exact) mass is 326 g/mol. The van der Waals surface area contributed by atoms with Gasteiger partial charge in [0.15, 0.2) is 0 Å². The van der Waals surface area contributed by atoms with Crippen molar-refractivity contribution in [3.63, 3.8) is 0 Å². The van der Waals surface area contributed by atoms with Gasteiger partial charge in [0.1, 0.15) is 0 Å². The van der Waals surface area contributed by atoms with Gasteiger partial charge in [0.05, 0.1) is 17.4 Å². The fourth-order valence-corrected chi connectivity index (χ4v) is 3.26. The molecule has 1 atom stereocenters. The number of hydrogen-bond donors (Lipinski definition) is 1. The Morgan fingerprint density at radius 2 is 2.12 bits per heavy atom. The zero-order valence-corrected chi connectivity index (χ0v) is 15.0. The van der Waals surface area contributed by atoms with E-state index >= 15 is 0 Å². The number of nitrogens with zero attached hydrogens (tertiary/aromatic N) is 3. The van der Waals surface area contributed by atoms with E-state index in [0.717, 1.165) is 23.5 Å². The van der Waals surface area contributed by atoms with Gasteiger partial charge in [-0.2, -0.15) is 5.10 Å². The summed E-state index contributed by atoms with van der Waals surface area (Å²) in [4.78, 5) is 17.0. The zero-order valence-electron chi connectivity index (χ0n) is 15.0. The van der Waals surface area contributed by atoms with Crippen molar-refractivity contribution in [3.05, 3.63) is 46.5 Å². The van der Waals surface area contributed by atoms with E-state index in [1.54, 1.807) is 0 Å². The third kappa shape index (κ3) is 3.66. The Bertz CT molecular complexity index is 746. The molecule has 0 spiro atoms. The number of hydrogen-bond acceptors (Lipinski definition) is 3. The summed E-state index contributed by atoms with van der Waals surface area (Å²) >= 11 is 0. The van der Waals surface area contributed by atoms with Gasteiger partial charge in [-0.15, -0.1) is 0 Å². The number of carbonyl (C=O) groups excluding carboxylic acids is 1. The molecule has 1 amide bonds. The van der Waals surface area contributed by atoms with Crippen molar-refractivity contribution < 1.29 is 4.79 Å². The Morgan fingerprint density at radius 3 is 2.71 bits per heavy atom. The standard InChI is InChI=1S/C19H26N4O/c1-12-9-10-20-17(11-12)19(15-5-6-15)21-18(24)8-7-16-13(2)22-23(4)14(16)3/h9-11,15,19H,5-8H2,1-4H3,(H,21,24)/t19-/m0/s1. The van der Waals surface area contributed by atoms with E-state index in [0.29, 0.717) is 12.3 Å². The lowest BCUT2D eigenvalue weighted by atomic mass is 10.0. The fraction of sp³-hybridized carbons (Fsp3) is 0.526. The molecule has 1 saturated carbocycles. The highest BCUT2D eigenvalue weighted by Gasteiger charge is 2.34. The minimum Gasteiger partial charge on any atom is -0.347 e. The Labute approximate surface area is 143 Å². The number of pyridine rings is 1. The van der Waals surface area contributed by atoms with Crippen molar-refractivity contribution in [1.82, 2.24) is 20.1 Å². The van der Waals surface area contributed by atoms with Crippen LogP contribution in [0.15, 0.2) is 18.3 Å². The van der Waals surface area contributed by atoms with Gasteiger partial charge in [-0.25, -0.2) is 0 Å². The van der Waals surface area contributed by atoms with Crippen molar-refractivity contribution in [2.75, 3.05) is 0 Å². The molecule has 0 aliphatic heterocycles. The molecule has 2 aromatic heterocycles. The first-order valence-electron chi connectivity index (χ1n) is 8.66. The Kier molecular flexibility index (Phi) is 4.69. The smallest absolute Gasteiger partial charge is 0.220 e. The second kappa shape index (κ2) is 6.75. The van der Waals surface area contributed by atoms with Gasteiger partial charge in [0.2, 0.25) is 5.91 Å². The number of amides is 1. The topological polar surface area (TPSA) is 59.8 Å². The minimum absolute atomic E-state index is 0.0495. The number of aromatic nitrogens is 3. The molecule has 1 N–H and O–H groups in total. The van der Waals surface area contributed by atoms with E-state index in [1.807, 2.05) is 30.9 Å². The summed E-state index contributed by atoms with van der Waals surface area (Å²) in [5.74, 6) is 0.628. The molecule has 0 aromatic carbocycles. The molecule has 2 heterocycles. The van der Waals surface area contributed by atoms with Crippen LogP contribution < -0.4 is 5.32 Å². The molecule has 0 radical (unpaired) electrons. The summed E-state index contributed by atoms with van der Waals surface area (Å²) in [5.41, 5.74) is 5.51. The molecule has 0 unspecified atom stereocenters. The number of nitrogens with one attached hydrogen (secondary N) is 1. The van der Waals surface area contributed by atoms with Crippen LogP contribution >= 0.6 is 0 Å².